The largest absolute Gasteiger partial charge is 0.338 e. The quantitative estimate of drug-likeness (QED) is 0.815. The first kappa shape index (κ1) is 18.0. The summed E-state index contributed by atoms with van der Waals surface area (Å²) in [6.07, 6.45) is 6.42. The normalized spacial score (nSPS) is 28.1. The maximum absolute atomic E-state index is 13.4. The summed E-state index contributed by atoms with van der Waals surface area (Å²) in [6, 6.07) is 7.57. The molecule has 4 rings (SSSR count). The smallest absolute Gasteiger partial charge is 0.325 e. The van der Waals surface area contributed by atoms with Crippen molar-refractivity contribution < 1.29 is 14.4 Å². The number of fused-ring (bicyclic) bond motifs is 2. The zero-order chi connectivity index (χ0) is 19.0. The van der Waals surface area contributed by atoms with Gasteiger partial charge in [-0.2, -0.15) is 0 Å². The fourth-order valence-corrected chi connectivity index (χ4v) is 4.81. The Morgan fingerprint density at radius 3 is 2.81 bits per heavy atom. The fourth-order valence-electron chi connectivity index (χ4n) is 4.81. The molecule has 1 aliphatic carbocycles. The molecular weight excluding hydrogens is 342 g/mol. The summed E-state index contributed by atoms with van der Waals surface area (Å²) < 4.78 is 0. The van der Waals surface area contributed by atoms with E-state index >= 15 is 0 Å². The lowest BCUT2D eigenvalue weighted by Crippen LogP contribution is -2.49. The van der Waals surface area contributed by atoms with Gasteiger partial charge in [-0.15, -0.1) is 0 Å². The molecule has 6 nitrogen and oxygen atoms in total. The van der Waals surface area contributed by atoms with E-state index in [1.54, 1.807) is 0 Å². The molecule has 2 aliphatic heterocycles. The van der Waals surface area contributed by atoms with Gasteiger partial charge in [0.1, 0.15) is 12.1 Å². The maximum Gasteiger partial charge on any atom is 0.325 e. The third-order valence-electron chi connectivity index (χ3n) is 6.32. The Balaban J connectivity index is 1.60. The number of nitrogens with one attached hydrogen (secondary N) is 1. The number of aryl methyl sites for hydroxylation is 1. The number of rotatable bonds is 2. The van der Waals surface area contributed by atoms with E-state index in [4.69, 9.17) is 0 Å². The van der Waals surface area contributed by atoms with Crippen LogP contribution in [0.5, 0.6) is 0 Å². The second-order valence-corrected chi connectivity index (χ2v) is 8.02. The van der Waals surface area contributed by atoms with Crippen molar-refractivity contribution in [2.75, 3.05) is 13.1 Å². The van der Waals surface area contributed by atoms with E-state index in [1.807, 2.05) is 36.1 Å². The summed E-state index contributed by atoms with van der Waals surface area (Å²) in [5, 5.41) is 2.95. The van der Waals surface area contributed by atoms with Gasteiger partial charge in [0.05, 0.1) is 0 Å². The lowest BCUT2D eigenvalue weighted by Gasteiger charge is -2.34. The van der Waals surface area contributed by atoms with Crippen molar-refractivity contribution >= 4 is 17.8 Å². The molecule has 144 valence electrons. The molecule has 2 saturated heterocycles. The molecule has 0 aromatic heterocycles. The lowest BCUT2D eigenvalue weighted by atomic mass is 9.84. The molecule has 4 amide bonds. The molecule has 3 aliphatic rings. The number of carbonyl (C=O) groups is 3. The van der Waals surface area contributed by atoms with E-state index in [9.17, 15) is 14.4 Å². The number of nitrogens with zero attached hydrogens (tertiary/aromatic N) is 2. The summed E-state index contributed by atoms with van der Waals surface area (Å²) >= 11 is 0. The highest BCUT2D eigenvalue weighted by atomic mass is 16.2. The van der Waals surface area contributed by atoms with Crippen LogP contribution in [0.1, 0.15) is 56.6 Å². The molecule has 1 spiro atoms. The van der Waals surface area contributed by atoms with Crippen LogP contribution in [-0.4, -0.2) is 46.8 Å². The second-order valence-electron chi connectivity index (χ2n) is 8.02. The van der Waals surface area contributed by atoms with Crippen molar-refractivity contribution in [3.63, 3.8) is 0 Å². The van der Waals surface area contributed by atoms with E-state index in [0.29, 0.717) is 13.0 Å². The van der Waals surface area contributed by atoms with Crippen LogP contribution in [0.2, 0.25) is 0 Å². The molecule has 1 aromatic rings. The Hall–Kier alpha value is -2.37. The summed E-state index contributed by atoms with van der Waals surface area (Å²) in [6.45, 7) is 2.57. The standard InChI is InChI=1S/C21H27N3O3/c1-15-8-5-7-13-23(15)18(25)14-24-19(26)21(22-20(24)27)12-6-4-10-16-9-2-3-11-17(16)21/h2-3,9,11,15H,4-8,10,12-14H2,1H3,(H,22,27)/t15-,21+/m0/s1. The monoisotopic (exact) mass is 369 g/mol. The predicted octanol–water partition coefficient (Wildman–Crippen LogP) is 2.56. The van der Waals surface area contributed by atoms with Crippen LogP contribution in [0.15, 0.2) is 24.3 Å². The number of hydrogen-bond donors (Lipinski definition) is 1. The van der Waals surface area contributed by atoms with Gasteiger partial charge in [-0.05, 0) is 63.0 Å². The molecule has 0 unspecified atom stereocenters. The molecule has 27 heavy (non-hydrogen) atoms. The minimum absolute atomic E-state index is 0.135. The molecule has 0 radical (unpaired) electrons. The van der Waals surface area contributed by atoms with Crippen LogP contribution in [0.25, 0.3) is 0 Å². The number of imide groups is 1. The van der Waals surface area contributed by atoms with E-state index in [2.05, 4.69) is 5.32 Å². The number of piperidine rings is 1. The third-order valence-corrected chi connectivity index (χ3v) is 6.32. The number of benzene rings is 1. The highest BCUT2D eigenvalue weighted by Crippen LogP contribution is 2.39. The highest BCUT2D eigenvalue weighted by molar-refractivity contribution is 6.09. The van der Waals surface area contributed by atoms with Gasteiger partial charge < -0.3 is 10.2 Å². The second kappa shape index (κ2) is 6.98. The first-order chi connectivity index (χ1) is 13.0. The molecular formula is C21H27N3O3. The number of hydrogen-bond acceptors (Lipinski definition) is 3. The predicted molar refractivity (Wildman–Crippen MR) is 101 cm³/mol. The van der Waals surface area contributed by atoms with E-state index in [-0.39, 0.29) is 24.4 Å². The maximum atomic E-state index is 13.4. The van der Waals surface area contributed by atoms with Gasteiger partial charge >= 0.3 is 6.03 Å². The summed E-state index contributed by atoms with van der Waals surface area (Å²) in [4.78, 5) is 41.8. The van der Waals surface area contributed by atoms with Gasteiger partial charge in [0, 0.05) is 12.6 Å². The molecule has 2 fully saturated rings. The SMILES string of the molecule is C[C@H]1CCCCN1C(=O)CN1C(=O)N[C@@]2(CCCCc3ccccc32)C1=O. The molecule has 1 aromatic carbocycles. The van der Waals surface area contributed by atoms with Gasteiger partial charge in [0.15, 0.2) is 0 Å². The van der Waals surface area contributed by atoms with Crippen molar-refractivity contribution in [1.29, 1.82) is 0 Å². The number of carbonyl (C=O) groups excluding carboxylic acids is 3. The minimum atomic E-state index is -1.02. The van der Waals surface area contributed by atoms with Gasteiger partial charge in [-0.1, -0.05) is 24.3 Å². The molecule has 2 heterocycles. The fraction of sp³-hybridized carbons (Fsp3) is 0.571. The van der Waals surface area contributed by atoms with Crippen molar-refractivity contribution in [3.05, 3.63) is 35.4 Å². The summed E-state index contributed by atoms with van der Waals surface area (Å²) in [5.41, 5.74) is 0.987. The number of likely N-dealkylation sites (tertiary alicyclic amines) is 1. The van der Waals surface area contributed by atoms with E-state index in [0.717, 1.165) is 54.6 Å². The number of urea groups is 1. The van der Waals surface area contributed by atoms with Gasteiger partial charge in [-0.3, -0.25) is 14.5 Å². The number of amides is 4. The molecule has 1 N–H and O–H groups in total. The van der Waals surface area contributed by atoms with E-state index < -0.39 is 11.6 Å². The highest BCUT2D eigenvalue weighted by Gasteiger charge is 2.53. The average molecular weight is 369 g/mol. The average Bonchev–Trinajstić information content (AvgIpc) is 2.81. The Morgan fingerprint density at radius 1 is 1.19 bits per heavy atom. The Bertz CT molecular complexity index is 778. The zero-order valence-corrected chi connectivity index (χ0v) is 15.9. The topological polar surface area (TPSA) is 69.7 Å². The van der Waals surface area contributed by atoms with Gasteiger partial charge in [0.25, 0.3) is 5.91 Å². The van der Waals surface area contributed by atoms with E-state index in [1.165, 1.54) is 0 Å². The molecule has 6 heteroatoms. The minimum Gasteiger partial charge on any atom is -0.338 e. The Kier molecular flexibility index (Phi) is 4.66. The van der Waals surface area contributed by atoms with Crippen molar-refractivity contribution in [2.24, 2.45) is 0 Å². The third kappa shape index (κ3) is 3.01. The Morgan fingerprint density at radius 2 is 2.00 bits per heavy atom. The zero-order valence-electron chi connectivity index (χ0n) is 15.9. The van der Waals surface area contributed by atoms with Crippen LogP contribution in [0.3, 0.4) is 0 Å². The first-order valence-corrected chi connectivity index (χ1v) is 10.0. The molecule has 0 bridgehead atoms. The van der Waals surface area contributed by atoms with Crippen LogP contribution in [0.4, 0.5) is 4.79 Å². The van der Waals surface area contributed by atoms with Gasteiger partial charge in [-0.25, -0.2) is 4.79 Å². The summed E-state index contributed by atoms with van der Waals surface area (Å²) in [5.74, 6) is -0.412. The van der Waals surface area contributed by atoms with Crippen LogP contribution in [0, 0.1) is 0 Å². The van der Waals surface area contributed by atoms with Crippen molar-refractivity contribution in [2.45, 2.75) is 63.5 Å². The first-order valence-electron chi connectivity index (χ1n) is 10.0. The molecule has 2 atom stereocenters. The lowest BCUT2D eigenvalue weighted by molar-refractivity contribution is -0.141. The van der Waals surface area contributed by atoms with Crippen molar-refractivity contribution in [1.82, 2.24) is 15.1 Å². The van der Waals surface area contributed by atoms with Crippen LogP contribution < -0.4 is 5.32 Å². The van der Waals surface area contributed by atoms with Crippen molar-refractivity contribution in [3.8, 4) is 0 Å². The Labute approximate surface area is 159 Å². The molecule has 0 saturated carbocycles. The van der Waals surface area contributed by atoms with Gasteiger partial charge in [0.2, 0.25) is 5.91 Å². The van der Waals surface area contributed by atoms with Crippen LogP contribution >= 0.6 is 0 Å². The van der Waals surface area contributed by atoms with Crippen LogP contribution in [-0.2, 0) is 21.5 Å². The summed E-state index contributed by atoms with van der Waals surface area (Å²) in [7, 11) is 0.